The van der Waals surface area contributed by atoms with Gasteiger partial charge in [0.1, 0.15) is 42.1 Å². The van der Waals surface area contributed by atoms with Gasteiger partial charge in [0.05, 0.1) is 43.3 Å². The zero-order valence-corrected chi connectivity index (χ0v) is 34.0. The SMILES string of the molecule is CCCCCCCCCCCCCCCCCCOC[C@H](COP(=O)(O)OC[C@H]1O[C@@](C#N)(c2ccc3c(N)ccnn23)[C@H](O)[C@@H]1O)OCc1cc(F)cc(F)c1. The number of nitriles is 1. The Kier molecular flexibility index (Phi) is 19.8. The average Bonchev–Trinajstić information content (AvgIpc) is 3.73. The van der Waals surface area contributed by atoms with E-state index in [1.807, 2.05) is 6.07 Å². The van der Waals surface area contributed by atoms with Crippen molar-refractivity contribution in [3.63, 3.8) is 0 Å². The highest BCUT2D eigenvalue weighted by atomic mass is 31.2. The minimum Gasteiger partial charge on any atom is -0.397 e. The minimum atomic E-state index is -4.84. The lowest BCUT2D eigenvalue weighted by atomic mass is 9.92. The van der Waals surface area contributed by atoms with E-state index >= 15 is 0 Å². The molecule has 4 rings (SSSR count). The van der Waals surface area contributed by atoms with Crippen molar-refractivity contribution in [2.75, 3.05) is 32.2 Å². The van der Waals surface area contributed by atoms with Gasteiger partial charge in [-0.15, -0.1) is 0 Å². The van der Waals surface area contributed by atoms with Gasteiger partial charge in [-0.1, -0.05) is 103 Å². The van der Waals surface area contributed by atoms with E-state index < -0.39 is 62.7 Å². The van der Waals surface area contributed by atoms with E-state index in [0.29, 0.717) is 17.8 Å². The fourth-order valence-corrected chi connectivity index (χ4v) is 7.80. The molecule has 16 heteroatoms. The summed E-state index contributed by atoms with van der Waals surface area (Å²) in [6.07, 6.45) is 15.5. The van der Waals surface area contributed by atoms with Crippen LogP contribution in [0.3, 0.4) is 0 Å². The van der Waals surface area contributed by atoms with Gasteiger partial charge in [0.15, 0.2) is 0 Å². The molecule has 13 nitrogen and oxygen atoms in total. The van der Waals surface area contributed by atoms with Gasteiger partial charge >= 0.3 is 7.82 Å². The summed E-state index contributed by atoms with van der Waals surface area (Å²) in [5, 5.41) is 36.1. The van der Waals surface area contributed by atoms with Crippen LogP contribution in [-0.4, -0.2) is 75.6 Å². The first-order valence-corrected chi connectivity index (χ1v) is 21.9. The highest BCUT2D eigenvalue weighted by Crippen LogP contribution is 2.46. The summed E-state index contributed by atoms with van der Waals surface area (Å²) in [6.45, 7) is 1.16. The van der Waals surface area contributed by atoms with E-state index in [1.165, 1.54) is 100 Å². The van der Waals surface area contributed by atoms with Gasteiger partial charge in [0.25, 0.3) is 0 Å². The predicted molar refractivity (Wildman–Crippen MR) is 211 cm³/mol. The molecule has 0 amide bonds. The van der Waals surface area contributed by atoms with Crippen molar-refractivity contribution >= 4 is 19.0 Å². The van der Waals surface area contributed by atoms with E-state index in [-0.39, 0.29) is 24.5 Å². The smallest absolute Gasteiger partial charge is 0.397 e. The summed E-state index contributed by atoms with van der Waals surface area (Å²) >= 11 is 0. The van der Waals surface area contributed by atoms with Crippen LogP contribution in [0.4, 0.5) is 14.5 Å². The predicted octanol–water partition coefficient (Wildman–Crippen LogP) is 8.03. The van der Waals surface area contributed by atoms with Crippen molar-refractivity contribution in [3.05, 3.63) is 65.5 Å². The van der Waals surface area contributed by atoms with Gasteiger partial charge in [-0.3, -0.25) is 9.05 Å². The number of aliphatic hydroxyl groups is 2. The Balaban J connectivity index is 1.18. The molecule has 0 bridgehead atoms. The molecule has 0 spiro atoms. The van der Waals surface area contributed by atoms with E-state index in [9.17, 15) is 33.7 Å². The van der Waals surface area contributed by atoms with Gasteiger partial charge < -0.3 is 35.1 Å². The minimum absolute atomic E-state index is 0.0400. The maximum atomic E-state index is 13.8. The summed E-state index contributed by atoms with van der Waals surface area (Å²) in [5.41, 5.74) is 4.98. The number of hydrogen-bond donors (Lipinski definition) is 4. The Labute approximate surface area is 335 Å². The van der Waals surface area contributed by atoms with Gasteiger partial charge in [0.2, 0.25) is 5.60 Å². The van der Waals surface area contributed by atoms with Crippen molar-refractivity contribution in [1.29, 1.82) is 5.26 Å². The Morgan fingerprint density at radius 2 is 1.51 bits per heavy atom. The van der Waals surface area contributed by atoms with E-state index in [0.717, 1.165) is 37.5 Å². The number of nitrogens with two attached hydrogens (primary N) is 1. The highest BCUT2D eigenvalue weighted by molar-refractivity contribution is 7.47. The van der Waals surface area contributed by atoms with Crippen LogP contribution in [0.15, 0.2) is 42.6 Å². The third-order valence-corrected chi connectivity index (χ3v) is 11.2. The summed E-state index contributed by atoms with van der Waals surface area (Å²) in [7, 11) is -4.84. The number of halogens is 2. The van der Waals surface area contributed by atoms with Crippen LogP contribution >= 0.6 is 7.82 Å². The first-order chi connectivity index (χ1) is 27.5. The molecule has 5 N–H and O–H groups in total. The maximum absolute atomic E-state index is 13.8. The summed E-state index contributed by atoms with van der Waals surface area (Å²) in [6, 6.07) is 9.47. The molecule has 0 saturated carbocycles. The highest BCUT2D eigenvalue weighted by Gasteiger charge is 2.58. The van der Waals surface area contributed by atoms with Crippen LogP contribution in [0.2, 0.25) is 0 Å². The summed E-state index contributed by atoms with van der Waals surface area (Å²) < 4.78 is 69.6. The number of fused-ring (bicyclic) bond motifs is 1. The molecule has 3 heterocycles. The van der Waals surface area contributed by atoms with E-state index in [1.54, 1.807) is 12.1 Å². The number of nitrogen functional groups attached to an aromatic ring is 1. The van der Waals surface area contributed by atoms with E-state index in [2.05, 4.69) is 12.0 Å². The first-order valence-electron chi connectivity index (χ1n) is 20.4. The monoisotopic (exact) mass is 822 g/mol. The quantitative estimate of drug-likeness (QED) is 0.0390. The molecule has 1 fully saturated rings. The van der Waals surface area contributed by atoms with Crippen LogP contribution in [-0.2, 0) is 40.0 Å². The fraction of sp³-hybridized carbons (Fsp3) is 0.659. The number of nitrogens with zero attached hydrogens (tertiary/aromatic N) is 3. The molecular formula is C41H61F2N4O9P. The number of phosphoric acid groups is 1. The Hall–Kier alpha value is -3.03. The lowest BCUT2D eigenvalue weighted by molar-refractivity contribution is -0.0690. The number of anilines is 1. The van der Waals surface area contributed by atoms with Crippen LogP contribution in [0.25, 0.3) is 5.52 Å². The molecule has 1 aliphatic heterocycles. The number of phosphoric ester groups is 1. The molecule has 318 valence electrons. The second-order valence-electron chi connectivity index (χ2n) is 14.9. The van der Waals surface area contributed by atoms with Crippen LogP contribution in [0.5, 0.6) is 0 Å². The summed E-state index contributed by atoms with van der Waals surface area (Å²) in [5.74, 6) is -1.55. The number of benzene rings is 1. The maximum Gasteiger partial charge on any atom is 0.472 e. The molecule has 2 aromatic heterocycles. The second-order valence-corrected chi connectivity index (χ2v) is 16.3. The van der Waals surface area contributed by atoms with Crippen molar-refractivity contribution in [3.8, 4) is 6.07 Å². The Morgan fingerprint density at radius 1 is 0.912 bits per heavy atom. The lowest BCUT2D eigenvalue weighted by Gasteiger charge is -2.24. The van der Waals surface area contributed by atoms with Crippen LogP contribution in [0.1, 0.15) is 121 Å². The lowest BCUT2D eigenvalue weighted by Crippen LogP contribution is -2.41. The molecule has 0 aliphatic carbocycles. The van der Waals surface area contributed by atoms with Crippen molar-refractivity contribution in [2.45, 2.75) is 146 Å². The normalized spacial score (nSPS) is 21.2. The van der Waals surface area contributed by atoms with Crippen molar-refractivity contribution in [1.82, 2.24) is 9.61 Å². The number of hydrogen-bond acceptors (Lipinski definition) is 11. The molecule has 1 saturated heterocycles. The number of rotatable bonds is 29. The average molecular weight is 823 g/mol. The molecule has 57 heavy (non-hydrogen) atoms. The van der Waals surface area contributed by atoms with Gasteiger partial charge in [-0.25, -0.2) is 17.9 Å². The number of aliphatic hydroxyl groups excluding tert-OH is 2. The fourth-order valence-electron chi connectivity index (χ4n) is 7.04. The largest absolute Gasteiger partial charge is 0.472 e. The zero-order valence-electron chi connectivity index (χ0n) is 33.1. The van der Waals surface area contributed by atoms with Gasteiger partial charge in [-0.2, -0.15) is 10.4 Å². The van der Waals surface area contributed by atoms with Crippen LogP contribution in [0, 0.1) is 23.0 Å². The van der Waals surface area contributed by atoms with Crippen molar-refractivity contribution < 1.29 is 51.7 Å². The molecule has 6 atom stereocenters. The Morgan fingerprint density at radius 3 is 2.11 bits per heavy atom. The third kappa shape index (κ3) is 14.6. The first kappa shape index (κ1) is 46.7. The van der Waals surface area contributed by atoms with Crippen LogP contribution < -0.4 is 5.73 Å². The summed E-state index contributed by atoms with van der Waals surface area (Å²) in [4.78, 5) is 10.5. The van der Waals surface area contributed by atoms with Crippen molar-refractivity contribution in [2.24, 2.45) is 0 Å². The molecular weight excluding hydrogens is 761 g/mol. The second kappa shape index (κ2) is 24.1. The number of ether oxygens (including phenoxy) is 3. The van der Waals surface area contributed by atoms with Gasteiger partial charge in [0, 0.05) is 18.9 Å². The standard InChI is InChI=1S/C41H61F2N4O9P/c1-2-3-4-5-6-7-8-9-10-11-12-13-14-15-16-17-22-52-27-34(53-26-31-23-32(42)25-33(43)24-31)28-54-57(50,51)55-29-37-39(48)40(49)41(30-44,56-37)38-19-18-36-35(45)20-21-46-47(36)38/h18-21,23-25,34,37,39-40,48-49H,2-17,22,26-29,45H2,1H3,(H,50,51)/t34-,37-,39-,40-,41+/m1/s1. The Bertz CT molecular complexity index is 1710. The zero-order chi connectivity index (χ0) is 41.1. The molecule has 1 unspecified atom stereocenters. The number of unbranched alkanes of at least 4 members (excludes halogenated alkanes) is 15. The molecule has 0 radical (unpaired) electrons. The van der Waals surface area contributed by atoms with Gasteiger partial charge in [-0.05, 0) is 42.3 Å². The number of aromatic nitrogens is 2. The molecule has 3 aromatic rings. The third-order valence-electron chi connectivity index (χ3n) is 10.3. The van der Waals surface area contributed by atoms with E-state index in [4.69, 9.17) is 29.0 Å². The molecule has 1 aromatic carbocycles. The topological polar surface area (TPSA) is 191 Å². The molecule has 1 aliphatic rings.